The Morgan fingerprint density at radius 1 is 0.717 bits per heavy atom. The quantitative estimate of drug-likeness (QED) is 0.212. The van der Waals surface area contributed by atoms with Gasteiger partial charge in [-0.3, -0.25) is 4.79 Å². The highest BCUT2D eigenvalue weighted by Crippen LogP contribution is 2.46. The van der Waals surface area contributed by atoms with Crippen LogP contribution < -0.4 is 15.1 Å². The maximum Gasteiger partial charge on any atom is 0.251 e. The summed E-state index contributed by atoms with van der Waals surface area (Å²) in [6, 6.07) is 37.2. The van der Waals surface area contributed by atoms with Crippen LogP contribution in [0.4, 0.5) is 20.3 Å². The number of benzene rings is 4. The van der Waals surface area contributed by atoms with Crippen LogP contribution in [0.1, 0.15) is 42.4 Å². The molecular weight excluding hydrogens is 580 g/mol. The van der Waals surface area contributed by atoms with Crippen molar-refractivity contribution < 1.29 is 13.6 Å². The van der Waals surface area contributed by atoms with E-state index in [1.807, 2.05) is 70.5 Å². The number of carbonyl (C=O) groups is 1. The molecule has 0 aliphatic carbocycles. The van der Waals surface area contributed by atoms with Crippen molar-refractivity contribution in [1.82, 2.24) is 15.1 Å². The Kier molecular flexibility index (Phi) is 6.94. The van der Waals surface area contributed by atoms with Crippen LogP contribution in [0.5, 0.6) is 0 Å². The standard InChI is InChI=1S/C38H37F2N5O/c39-37(40)20-23-43(24-21-37)34-32-26-31(44-25-19-36(35(44)46)18-22-41-27-36)16-17-33(32)45(42-34)38(28-10-4-1-5-11-28,29-12-6-2-7-13-29)30-14-8-3-9-15-30/h1-17,26,41H,18-25,27H2. The number of anilines is 2. The first-order valence-corrected chi connectivity index (χ1v) is 16.3. The molecule has 4 aromatic carbocycles. The molecule has 8 rings (SSSR count). The molecule has 1 N–H and O–H groups in total. The van der Waals surface area contributed by atoms with Crippen molar-refractivity contribution in [2.75, 3.05) is 42.5 Å². The molecule has 3 fully saturated rings. The second kappa shape index (κ2) is 11.1. The molecule has 4 heterocycles. The fourth-order valence-electron chi connectivity index (χ4n) is 7.90. The van der Waals surface area contributed by atoms with Crippen LogP contribution in [0.25, 0.3) is 10.9 Å². The first-order valence-electron chi connectivity index (χ1n) is 16.3. The summed E-state index contributed by atoms with van der Waals surface area (Å²) in [7, 11) is 0. The van der Waals surface area contributed by atoms with Gasteiger partial charge in [-0.1, -0.05) is 91.0 Å². The predicted octanol–water partition coefficient (Wildman–Crippen LogP) is 6.83. The molecule has 5 aromatic rings. The molecule has 1 atom stereocenters. The lowest BCUT2D eigenvalue weighted by molar-refractivity contribution is -0.124. The Hall–Kier alpha value is -4.56. The van der Waals surface area contributed by atoms with Gasteiger partial charge in [-0.15, -0.1) is 0 Å². The molecule has 0 saturated carbocycles. The van der Waals surface area contributed by atoms with Gasteiger partial charge in [0.2, 0.25) is 5.91 Å². The Bertz CT molecular complexity index is 1760. The van der Waals surface area contributed by atoms with E-state index < -0.39 is 11.5 Å². The minimum Gasteiger partial charge on any atom is -0.354 e. The molecule has 0 bridgehead atoms. The van der Waals surface area contributed by atoms with Crippen LogP contribution in [0.15, 0.2) is 109 Å². The van der Waals surface area contributed by atoms with Gasteiger partial charge in [-0.25, -0.2) is 13.5 Å². The summed E-state index contributed by atoms with van der Waals surface area (Å²) in [6.45, 7) is 2.64. The molecule has 1 unspecified atom stereocenters. The Balaban J connectivity index is 1.38. The summed E-state index contributed by atoms with van der Waals surface area (Å²) in [6.07, 6.45) is 1.23. The van der Waals surface area contributed by atoms with E-state index in [2.05, 4.69) is 58.5 Å². The fourth-order valence-corrected chi connectivity index (χ4v) is 7.90. The van der Waals surface area contributed by atoms with Crippen LogP contribution in [0, 0.1) is 5.41 Å². The zero-order chi connectivity index (χ0) is 31.4. The van der Waals surface area contributed by atoms with Crippen LogP contribution in [0.3, 0.4) is 0 Å². The number of hydrogen-bond donors (Lipinski definition) is 1. The van der Waals surface area contributed by atoms with E-state index in [1.54, 1.807) is 0 Å². The Labute approximate surface area is 267 Å². The highest BCUT2D eigenvalue weighted by Gasteiger charge is 2.49. The number of nitrogens with zero attached hydrogens (tertiary/aromatic N) is 4. The number of carbonyl (C=O) groups excluding carboxylic acids is 1. The predicted molar refractivity (Wildman–Crippen MR) is 178 cm³/mol. The topological polar surface area (TPSA) is 53.4 Å². The van der Waals surface area contributed by atoms with Crippen LogP contribution in [-0.2, 0) is 10.3 Å². The SMILES string of the molecule is O=C1N(c2ccc3c(c2)c(N2CCC(F)(F)CC2)nn3C(c2ccccc2)(c2ccccc2)c2ccccc2)CCC12CCNC2. The van der Waals surface area contributed by atoms with Gasteiger partial charge in [-0.2, -0.15) is 5.10 Å². The van der Waals surface area contributed by atoms with Crippen LogP contribution >= 0.6 is 0 Å². The van der Waals surface area contributed by atoms with Crippen molar-refractivity contribution >= 4 is 28.3 Å². The highest BCUT2D eigenvalue weighted by molar-refractivity contribution is 6.03. The second-order valence-electron chi connectivity index (χ2n) is 13.0. The normalized spacial score (nSPS) is 21.5. The first-order chi connectivity index (χ1) is 22.4. The third kappa shape index (κ3) is 4.53. The smallest absolute Gasteiger partial charge is 0.251 e. The lowest BCUT2D eigenvalue weighted by atomic mass is 9.77. The van der Waals surface area contributed by atoms with Crippen LogP contribution in [-0.4, -0.2) is 54.3 Å². The van der Waals surface area contributed by atoms with Gasteiger partial charge in [-0.05, 0) is 54.3 Å². The van der Waals surface area contributed by atoms with Crippen LogP contribution in [0.2, 0.25) is 0 Å². The Morgan fingerprint density at radius 2 is 1.30 bits per heavy atom. The third-order valence-corrected chi connectivity index (χ3v) is 10.4. The van der Waals surface area contributed by atoms with Gasteiger partial charge in [0.25, 0.3) is 5.92 Å². The number of rotatable bonds is 6. The number of alkyl halides is 2. The average molecular weight is 618 g/mol. The minimum absolute atomic E-state index is 0.163. The van der Waals surface area contributed by atoms with Crippen molar-refractivity contribution in [2.45, 2.75) is 37.1 Å². The van der Waals surface area contributed by atoms with Gasteiger partial charge >= 0.3 is 0 Å². The van der Waals surface area contributed by atoms with Gasteiger partial charge in [0, 0.05) is 50.1 Å². The first kappa shape index (κ1) is 28.9. The molecule has 6 nitrogen and oxygen atoms in total. The van der Waals surface area contributed by atoms with Crippen molar-refractivity contribution in [3.63, 3.8) is 0 Å². The van der Waals surface area contributed by atoms with E-state index in [1.165, 1.54) is 0 Å². The van der Waals surface area contributed by atoms with E-state index in [0.717, 1.165) is 52.7 Å². The van der Waals surface area contributed by atoms with Crippen molar-refractivity contribution in [3.05, 3.63) is 126 Å². The molecule has 1 aromatic heterocycles. The monoisotopic (exact) mass is 617 g/mol. The fraction of sp³-hybridized carbons (Fsp3) is 0.316. The molecule has 234 valence electrons. The molecule has 8 heteroatoms. The van der Waals surface area contributed by atoms with Gasteiger partial charge in [0.05, 0.1) is 10.9 Å². The van der Waals surface area contributed by atoms with Gasteiger partial charge < -0.3 is 15.1 Å². The molecule has 0 radical (unpaired) electrons. The molecule has 46 heavy (non-hydrogen) atoms. The highest BCUT2D eigenvalue weighted by atomic mass is 19.3. The van der Waals surface area contributed by atoms with Gasteiger partial charge in [0.15, 0.2) is 5.82 Å². The van der Waals surface area contributed by atoms with Crippen molar-refractivity contribution in [1.29, 1.82) is 0 Å². The number of nitrogens with one attached hydrogen (secondary N) is 1. The van der Waals surface area contributed by atoms with E-state index >= 15 is 0 Å². The minimum atomic E-state index is -2.69. The number of fused-ring (bicyclic) bond motifs is 1. The largest absolute Gasteiger partial charge is 0.354 e. The van der Waals surface area contributed by atoms with E-state index in [0.29, 0.717) is 18.9 Å². The Morgan fingerprint density at radius 3 is 1.85 bits per heavy atom. The second-order valence-corrected chi connectivity index (χ2v) is 13.0. The number of aromatic nitrogens is 2. The van der Waals surface area contributed by atoms with E-state index in [-0.39, 0.29) is 37.3 Å². The lowest BCUT2D eigenvalue weighted by Crippen LogP contribution is -2.41. The number of hydrogen-bond acceptors (Lipinski definition) is 4. The third-order valence-electron chi connectivity index (χ3n) is 10.4. The van der Waals surface area contributed by atoms with E-state index in [4.69, 9.17) is 5.10 Å². The zero-order valence-corrected chi connectivity index (χ0v) is 25.7. The number of piperidine rings is 1. The number of halogens is 2. The number of amides is 1. The summed E-state index contributed by atoms with van der Waals surface area (Å²) in [5, 5.41) is 9.64. The summed E-state index contributed by atoms with van der Waals surface area (Å²) in [5.74, 6) is -1.85. The summed E-state index contributed by atoms with van der Waals surface area (Å²) in [4.78, 5) is 17.7. The summed E-state index contributed by atoms with van der Waals surface area (Å²) in [5.41, 5.74) is 3.58. The maximum atomic E-state index is 14.4. The van der Waals surface area contributed by atoms with Crippen molar-refractivity contribution in [2.24, 2.45) is 5.41 Å². The molecule has 3 aliphatic heterocycles. The van der Waals surface area contributed by atoms with E-state index in [9.17, 15) is 13.6 Å². The molecule has 1 amide bonds. The average Bonchev–Trinajstić information content (AvgIpc) is 3.81. The van der Waals surface area contributed by atoms with Gasteiger partial charge in [0.1, 0.15) is 5.54 Å². The lowest BCUT2D eigenvalue weighted by Gasteiger charge is -2.37. The maximum absolute atomic E-state index is 14.4. The molecule has 1 spiro atoms. The molecular formula is C38H37F2N5O. The molecule has 3 saturated heterocycles. The molecule has 3 aliphatic rings. The van der Waals surface area contributed by atoms with Crippen molar-refractivity contribution in [3.8, 4) is 0 Å². The zero-order valence-electron chi connectivity index (χ0n) is 25.7. The summed E-state index contributed by atoms with van der Waals surface area (Å²) >= 11 is 0. The summed E-state index contributed by atoms with van der Waals surface area (Å²) < 4.78 is 30.9.